The molecule has 0 radical (unpaired) electrons. The number of alkyl halides is 2. The number of carbonyl (C=O) groups excluding carboxylic acids is 1. The zero-order valence-electron chi connectivity index (χ0n) is 10.3. The maximum absolute atomic E-state index is 12.7. The van der Waals surface area contributed by atoms with Gasteiger partial charge in [-0.3, -0.25) is 9.36 Å². The van der Waals surface area contributed by atoms with Crippen LogP contribution >= 0.6 is 0 Å². The first-order chi connectivity index (χ1) is 9.09. The zero-order chi connectivity index (χ0) is 13.8. The van der Waals surface area contributed by atoms with E-state index >= 15 is 0 Å². The van der Waals surface area contributed by atoms with Crippen molar-refractivity contribution in [2.24, 2.45) is 0 Å². The Morgan fingerprint density at radius 2 is 2.05 bits per heavy atom. The van der Waals surface area contributed by atoms with Crippen LogP contribution in [0.3, 0.4) is 0 Å². The first-order valence-corrected chi connectivity index (χ1v) is 5.70. The summed E-state index contributed by atoms with van der Waals surface area (Å²) >= 11 is 0. The van der Waals surface area contributed by atoms with E-state index in [2.05, 4.69) is 4.98 Å². The largest absolute Gasteiger partial charge is 0.334 e. The van der Waals surface area contributed by atoms with Gasteiger partial charge in [0.25, 0.3) is 5.91 Å². The molecule has 0 saturated carbocycles. The summed E-state index contributed by atoms with van der Waals surface area (Å²) in [5.74, 6) is -0.0776. The molecule has 6 heteroatoms. The number of halogens is 2. The van der Waals surface area contributed by atoms with E-state index in [9.17, 15) is 13.6 Å². The summed E-state index contributed by atoms with van der Waals surface area (Å²) in [7, 11) is 1.56. The quantitative estimate of drug-likeness (QED) is 0.852. The van der Waals surface area contributed by atoms with Crippen LogP contribution in [0.1, 0.15) is 22.7 Å². The van der Waals surface area contributed by atoms with Gasteiger partial charge < -0.3 is 4.90 Å². The second-order valence-electron chi connectivity index (χ2n) is 4.06. The highest BCUT2D eigenvalue weighted by molar-refractivity contribution is 5.93. The van der Waals surface area contributed by atoms with Crippen LogP contribution in [0.25, 0.3) is 0 Å². The van der Waals surface area contributed by atoms with E-state index in [1.54, 1.807) is 37.4 Å². The minimum absolute atomic E-state index is 0.0328. The normalized spacial score (nSPS) is 10.7. The van der Waals surface area contributed by atoms with E-state index in [4.69, 9.17) is 0 Å². The lowest BCUT2D eigenvalue weighted by atomic mass is 10.2. The van der Waals surface area contributed by atoms with Crippen LogP contribution in [0.2, 0.25) is 0 Å². The molecule has 0 unspecified atom stereocenters. The van der Waals surface area contributed by atoms with Crippen molar-refractivity contribution in [3.05, 3.63) is 54.1 Å². The fraction of sp³-hybridized carbons (Fsp3) is 0.231. The molecule has 100 valence electrons. The topological polar surface area (TPSA) is 38.1 Å². The number of benzene rings is 1. The number of carbonyl (C=O) groups is 1. The molecule has 0 bridgehead atoms. The van der Waals surface area contributed by atoms with Gasteiger partial charge in [0.15, 0.2) is 0 Å². The molecule has 1 aromatic heterocycles. The molecular weight excluding hydrogens is 252 g/mol. The summed E-state index contributed by atoms with van der Waals surface area (Å²) in [5, 5.41) is 0. The average Bonchev–Trinajstić information content (AvgIpc) is 2.87. The SMILES string of the molecule is CN(Cc1nccn1C(F)F)C(=O)c1ccccc1. The highest BCUT2D eigenvalue weighted by Crippen LogP contribution is 2.14. The number of aromatic nitrogens is 2. The second-order valence-corrected chi connectivity index (χ2v) is 4.06. The van der Waals surface area contributed by atoms with Crippen LogP contribution in [0.5, 0.6) is 0 Å². The monoisotopic (exact) mass is 265 g/mol. The number of hydrogen-bond acceptors (Lipinski definition) is 2. The Morgan fingerprint density at radius 3 is 2.68 bits per heavy atom. The highest BCUT2D eigenvalue weighted by Gasteiger charge is 2.16. The lowest BCUT2D eigenvalue weighted by Crippen LogP contribution is -2.27. The van der Waals surface area contributed by atoms with Gasteiger partial charge in [-0.1, -0.05) is 18.2 Å². The van der Waals surface area contributed by atoms with Crippen LogP contribution in [-0.2, 0) is 6.54 Å². The molecule has 1 heterocycles. The molecule has 0 N–H and O–H groups in total. The summed E-state index contributed by atoms with van der Waals surface area (Å²) < 4.78 is 26.1. The molecular formula is C13H13F2N3O. The van der Waals surface area contributed by atoms with Crippen LogP contribution in [0.4, 0.5) is 8.78 Å². The van der Waals surface area contributed by atoms with Gasteiger partial charge in [-0.2, -0.15) is 8.78 Å². The predicted molar refractivity (Wildman–Crippen MR) is 65.7 cm³/mol. The molecule has 0 saturated heterocycles. The number of rotatable bonds is 4. The lowest BCUT2D eigenvalue weighted by Gasteiger charge is -2.17. The summed E-state index contributed by atoms with van der Waals surface area (Å²) in [4.78, 5) is 17.3. The van der Waals surface area contributed by atoms with E-state index in [1.165, 1.54) is 17.3 Å². The van der Waals surface area contributed by atoms with Crippen LogP contribution in [0.15, 0.2) is 42.7 Å². The smallest absolute Gasteiger partial charge is 0.319 e. The third kappa shape index (κ3) is 2.96. The van der Waals surface area contributed by atoms with Gasteiger partial charge in [0.05, 0.1) is 6.54 Å². The van der Waals surface area contributed by atoms with Gasteiger partial charge >= 0.3 is 6.55 Å². The summed E-state index contributed by atoms with van der Waals surface area (Å²) in [6, 6.07) is 8.67. The molecule has 1 amide bonds. The maximum Gasteiger partial charge on any atom is 0.319 e. The first-order valence-electron chi connectivity index (χ1n) is 5.70. The van der Waals surface area contributed by atoms with Crippen molar-refractivity contribution in [3.8, 4) is 0 Å². The fourth-order valence-corrected chi connectivity index (χ4v) is 1.73. The van der Waals surface area contributed by atoms with E-state index in [0.717, 1.165) is 4.57 Å². The average molecular weight is 265 g/mol. The molecule has 0 aliphatic carbocycles. The van der Waals surface area contributed by atoms with E-state index in [-0.39, 0.29) is 18.3 Å². The van der Waals surface area contributed by atoms with Gasteiger partial charge in [-0.15, -0.1) is 0 Å². The molecule has 0 aliphatic heterocycles. The Bertz CT molecular complexity index is 554. The van der Waals surface area contributed by atoms with Gasteiger partial charge in [0.1, 0.15) is 5.82 Å². The zero-order valence-corrected chi connectivity index (χ0v) is 10.3. The van der Waals surface area contributed by atoms with Gasteiger partial charge in [0, 0.05) is 25.0 Å². The van der Waals surface area contributed by atoms with Crippen molar-refractivity contribution in [1.82, 2.24) is 14.5 Å². The van der Waals surface area contributed by atoms with E-state index in [1.807, 2.05) is 0 Å². The van der Waals surface area contributed by atoms with Crippen molar-refractivity contribution < 1.29 is 13.6 Å². The summed E-state index contributed by atoms with van der Waals surface area (Å²) in [6.07, 6.45) is 2.49. The standard InChI is InChI=1S/C13H13F2N3O/c1-17(12(19)10-5-3-2-4-6-10)9-11-16-7-8-18(11)13(14)15/h2-8,13H,9H2,1H3. The molecule has 0 fully saturated rings. The Kier molecular flexibility index (Phi) is 3.89. The number of nitrogens with zero attached hydrogens (tertiary/aromatic N) is 3. The van der Waals surface area contributed by atoms with Gasteiger partial charge in [0.2, 0.25) is 0 Å². The highest BCUT2D eigenvalue weighted by atomic mass is 19.3. The van der Waals surface area contributed by atoms with Crippen molar-refractivity contribution in [2.45, 2.75) is 13.1 Å². The van der Waals surface area contributed by atoms with E-state index in [0.29, 0.717) is 5.56 Å². The molecule has 0 aliphatic rings. The van der Waals surface area contributed by atoms with Gasteiger partial charge in [-0.05, 0) is 12.1 Å². The number of amides is 1. The Hall–Kier alpha value is -2.24. The maximum atomic E-state index is 12.7. The summed E-state index contributed by atoms with van der Waals surface area (Å²) in [6.45, 7) is -2.62. The van der Waals surface area contributed by atoms with E-state index < -0.39 is 6.55 Å². The molecule has 0 spiro atoms. The predicted octanol–water partition coefficient (Wildman–Crippen LogP) is 2.55. The van der Waals surface area contributed by atoms with Crippen LogP contribution in [-0.4, -0.2) is 27.4 Å². The van der Waals surface area contributed by atoms with Crippen molar-refractivity contribution in [1.29, 1.82) is 0 Å². The third-order valence-corrected chi connectivity index (χ3v) is 2.71. The van der Waals surface area contributed by atoms with Crippen molar-refractivity contribution in [3.63, 3.8) is 0 Å². The fourth-order valence-electron chi connectivity index (χ4n) is 1.73. The van der Waals surface area contributed by atoms with Crippen molar-refractivity contribution >= 4 is 5.91 Å². The molecule has 1 aromatic carbocycles. The van der Waals surface area contributed by atoms with Crippen molar-refractivity contribution in [2.75, 3.05) is 7.05 Å². The molecule has 19 heavy (non-hydrogen) atoms. The minimum atomic E-state index is -2.65. The first kappa shape index (κ1) is 13.2. The minimum Gasteiger partial charge on any atom is -0.334 e. The lowest BCUT2D eigenvalue weighted by molar-refractivity contribution is 0.0612. The summed E-state index contributed by atoms with van der Waals surface area (Å²) in [5.41, 5.74) is 0.514. The van der Waals surface area contributed by atoms with Crippen LogP contribution < -0.4 is 0 Å². The number of imidazole rings is 1. The van der Waals surface area contributed by atoms with Gasteiger partial charge in [-0.25, -0.2) is 4.98 Å². The Labute approximate surface area is 109 Å². The third-order valence-electron chi connectivity index (χ3n) is 2.71. The Morgan fingerprint density at radius 1 is 1.37 bits per heavy atom. The molecule has 2 aromatic rings. The molecule has 4 nitrogen and oxygen atoms in total. The Balaban J connectivity index is 2.11. The number of hydrogen-bond donors (Lipinski definition) is 0. The second kappa shape index (κ2) is 5.60. The van der Waals surface area contributed by atoms with Crippen LogP contribution in [0, 0.1) is 0 Å². The molecule has 0 atom stereocenters. The molecule has 2 rings (SSSR count).